The number of rotatable bonds is 7. The first kappa shape index (κ1) is 27.3. The van der Waals surface area contributed by atoms with Crippen LogP contribution >= 0.6 is 11.3 Å². The summed E-state index contributed by atoms with van der Waals surface area (Å²) in [5, 5.41) is 25.5. The van der Waals surface area contributed by atoms with E-state index >= 15 is 0 Å². The Morgan fingerprint density at radius 3 is 2.64 bits per heavy atom. The molecule has 206 valence electrons. The zero-order chi connectivity index (χ0) is 28.1. The van der Waals surface area contributed by atoms with Gasteiger partial charge in [0.2, 0.25) is 5.95 Å². The minimum atomic E-state index is -3.85. The average molecular weight is 573 g/mol. The van der Waals surface area contributed by atoms with Gasteiger partial charge < -0.3 is 21.3 Å². The van der Waals surface area contributed by atoms with Crippen molar-refractivity contribution in [2.24, 2.45) is 5.92 Å². The third kappa shape index (κ3) is 5.19. The van der Waals surface area contributed by atoms with Crippen LogP contribution in [0.3, 0.4) is 0 Å². The summed E-state index contributed by atoms with van der Waals surface area (Å²) in [6.45, 7) is 5.27. The van der Waals surface area contributed by atoms with Gasteiger partial charge in [0.05, 0.1) is 44.4 Å². The van der Waals surface area contributed by atoms with Gasteiger partial charge in [0.1, 0.15) is 28.3 Å². The second kappa shape index (κ2) is 10.4. The van der Waals surface area contributed by atoms with Crippen LogP contribution < -0.4 is 11.1 Å². The lowest BCUT2D eigenvalue weighted by atomic mass is 10.1. The summed E-state index contributed by atoms with van der Waals surface area (Å²) in [5.74, 6) is -1.32. The van der Waals surface area contributed by atoms with Crippen LogP contribution in [0.15, 0.2) is 35.4 Å². The number of sulfone groups is 1. The van der Waals surface area contributed by atoms with Gasteiger partial charge in [-0.15, -0.1) is 11.3 Å². The van der Waals surface area contributed by atoms with E-state index < -0.39 is 45.6 Å². The molecule has 0 spiro atoms. The number of aliphatic hydroxyl groups is 2. The Morgan fingerprint density at radius 2 is 1.92 bits per heavy atom. The van der Waals surface area contributed by atoms with Crippen LogP contribution in [-0.4, -0.2) is 62.6 Å². The predicted molar refractivity (Wildman–Crippen MR) is 148 cm³/mol. The first-order valence-corrected chi connectivity index (χ1v) is 15.0. The first-order valence-electron chi connectivity index (χ1n) is 12.5. The predicted octanol–water partition coefficient (Wildman–Crippen LogP) is 3.04. The van der Waals surface area contributed by atoms with Crippen LogP contribution in [0.4, 0.5) is 16.2 Å². The number of nitrogens with two attached hydrogens (primary N) is 1. The Kier molecular flexibility index (Phi) is 7.27. The number of aliphatic hydroxyl groups excluding tert-OH is 2. The molecule has 10 nitrogen and oxygen atoms in total. The van der Waals surface area contributed by atoms with Crippen molar-refractivity contribution in [3.05, 3.63) is 53.2 Å². The monoisotopic (exact) mass is 572 g/mol. The third-order valence-electron chi connectivity index (χ3n) is 7.08. The van der Waals surface area contributed by atoms with E-state index in [0.29, 0.717) is 22.1 Å². The molecule has 5 rings (SSSR count). The number of thiazole rings is 1. The van der Waals surface area contributed by atoms with E-state index in [1.807, 2.05) is 13.0 Å². The summed E-state index contributed by atoms with van der Waals surface area (Å²) in [6, 6.07) is 4.76. The van der Waals surface area contributed by atoms with Crippen molar-refractivity contribution >= 4 is 43.2 Å². The maximum atomic E-state index is 13.7. The van der Waals surface area contributed by atoms with Gasteiger partial charge in [-0.3, -0.25) is 4.98 Å². The number of nitrogen functional groups attached to an aromatic ring is 1. The summed E-state index contributed by atoms with van der Waals surface area (Å²) >= 11 is 1.45. The third-order valence-corrected chi connectivity index (χ3v) is 9.96. The Bertz CT molecular complexity index is 1660. The van der Waals surface area contributed by atoms with Gasteiger partial charge in [-0.2, -0.15) is 4.98 Å². The van der Waals surface area contributed by atoms with Crippen molar-refractivity contribution in [3.63, 3.8) is 0 Å². The summed E-state index contributed by atoms with van der Waals surface area (Å²) in [5.41, 5.74) is 9.01. The van der Waals surface area contributed by atoms with Gasteiger partial charge in [0.25, 0.3) is 0 Å². The van der Waals surface area contributed by atoms with E-state index in [0.717, 1.165) is 28.4 Å². The number of nitrogens with zero attached hydrogens (tertiary/aromatic N) is 4. The molecular weight excluding hydrogens is 543 g/mol. The van der Waals surface area contributed by atoms with E-state index in [9.17, 15) is 23.0 Å². The van der Waals surface area contributed by atoms with Crippen LogP contribution in [0.5, 0.6) is 0 Å². The molecule has 3 aromatic heterocycles. The lowest BCUT2D eigenvalue weighted by Gasteiger charge is -2.20. The van der Waals surface area contributed by atoms with Crippen molar-refractivity contribution in [2.75, 3.05) is 16.8 Å². The van der Waals surface area contributed by atoms with Gasteiger partial charge in [-0.1, -0.05) is 6.92 Å². The molecule has 4 atom stereocenters. The molecule has 1 aromatic carbocycles. The van der Waals surface area contributed by atoms with E-state index in [1.54, 1.807) is 13.1 Å². The molecule has 39 heavy (non-hydrogen) atoms. The quantitative estimate of drug-likeness (QED) is 0.242. The normalized spacial score (nSPS) is 21.5. The van der Waals surface area contributed by atoms with Crippen molar-refractivity contribution in [1.29, 1.82) is 0 Å². The highest BCUT2D eigenvalue weighted by Gasteiger charge is 2.44. The fourth-order valence-corrected chi connectivity index (χ4v) is 7.83. The van der Waals surface area contributed by atoms with Crippen LogP contribution in [-0.2, 0) is 16.3 Å². The highest BCUT2D eigenvalue weighted by molar-refractivity contribution is 7.91. The summed E-state index contributed by atoms with van der Waals surface area (Å²) in [6.07, 6.45) is 0.0377. The van der Waals surface area contributed by atoms with Gasteiger partial charge in [0, 0.05) is 12.1 Å². The second-order valence-corrected chi connectivity index (χ2v) is 12.9. The molecular formula is C26H29FN6O4S2. The standard InChI is InChI=1S/C26H29FN6O4S2/c1-4-17-21-19(7-8-29-17)38-25(32-21)20-13(3)30-26(28)33-24(20)31-18-10-14(22(34)23(18)35)11-39(36,37)15-5-6-16(27)12(2)9-15/h5-9,14,18,22-23,34-35H,4,10-11H2,1-3H3,(H3,28,30,31,33)/t14-,18-,22-,23+/m1/s1. The molecule has 1 aliphatic rings. The maximum Gasteiger partial charge on any atom is 0.222 e. The maximum absolute atomic E-state index is 13.7. The summed E-state index contributed by atoms with van der Waals surface area (Å²) in [4.78, 5) is 17.9. The lowest BCUT2D eigenvalue weighted by Crippen LogP contribution is -2.36. The number of nitrogens with one attached hydrogen (secondary N) is 1. The van der Waals surface area contributed by atoms with E-state index in [-0.39, 0.29) is 22.8 Å². The van der Waals surface area contributed by atoms with Crippen LogP contribution in [0.2, 0.25) is 0 Å². The first-order chi connectivity index (χ1) is 18.5. The smallest absolute Gasteiger partial charge is 0.222 e. The number of hydrogen-bond donors (Lipinski definition) is 4. The van der Waals surface area contributed by atoms with Crippen LogP contribution in [0, 0.1) is 25.6 Å². The molecule has 0 aliphatic heterocycles. The van der Waals surface area contributed by atoms with Gasteiger partial charge in [-0.25, -0.2) is 22.8 Å². The van der Waals surface area contributed by atoms with Gasteiger partial charge in [-0.05, 0) is 56.5 Å². The van der Waals surface area contributed by atoms with Crippen LogP contribution in [0.25, 0.3) is 20.8 Å². The Hall–Kier alpha value is -3.26. The molecule has 4 aromatic rings. The number of anilines is 2. The number of aryl methyl sites for hydroxylation is 3. The number of aromatic nitrogens is 4. The molecule has 5 N–H and O–H groups in total. The van der Waals surface area contributed by atoms with Crippen molar-refractivity contribution in [3.8, 4) is 10.6 Å². The number of benzene rings is 1. The van der Waals surface area contributed by atoms with E-state index in [2.05, 4.69) is 20.3 Å². The molecule has 3 heterocycles. The van der Waals surface area contributed by atoms with Gasteiger partial charge >= 0.3 is 0 Å². The fraction of sp³-hybridized carbons (Fsp3) is 0.385. The number of pyridine rings is 1. The van der Waals surface area contributed by atoms with E-state index in [1.165, 1.54) is 30.4 Å². The fourth-order valence-electron chi connectivity index (χ4n) is 5.03. The SMILES string of the molecule is CCc1nccc2sc(-c3c(C)nc(N)nc3N[C@@H]3C[C@H](CS(=O)(=O)c4ccc(F)c(C)c4)[C@@H](O)[C@H]3O)nc12. The average Bonchev–Trinajstić information content (AvgIpc) is 3.41. The van der Waals surface area contributed by atoms with E-state index in [4.69, 9.17) is 10.7 Å². The summed E-state index contributed by atoms with van der Waals surface area (Å²) < 4.78 is 40.7. The molecule has 13 heteroatoms. The molecule has 0 radical (unpaired) electrons. The zero-order valence-electron chi connectivity index (χ0n) is 21.6. The number of fused-ring (bicyclic) bond motifs is 1. The Morgan fingerprint density at radius 1 is 1.15 bits per heavy atom. The van der Waals surface area contributed by atoms with Crippen molar-refractivity contribution in [2.45, 2.75) is 56.8 Å². The molecule has 1 fully saturated rings. The topological polar surface area (TPSA) is 164 Å². The van der Waals surface area contributed by atoms with Gasteiger partial charge in [0.15, 0.2) is 9.84 Å². The number of halogens is 1. The highest BCUT2D eigenvalue weighted by atomic mass is 32.2. The summed E-state index contributed by atoms with van der Waals surface area (Å²) in [7, 11) is -3.85. The largest absolute Gasteiger partial charge is 0.390 e. The lowest BCUT2D eigenvalue weighted by molar-refractivity contribution is 0.0216. The minimum absolute atomic E-state index is 0.0228. The highest BCUT2D eigenvalue weighted by Crippen LogP contribution is 2.39. The van der Waals surface area contributed by atoms with Crippen LogP contribution in [0.1, 0.15) is 30.3 Å². The Balaban J connectivity index is 1.44. The van der Waals surface area contributed by atoms with Crippen molar-refractivity contribution in [1.82, 2.24) is 19.9 Å². The van der Waals surface area contributed by atoms with Crippen molar-refractivity contribution < 1.29 is 23.0 Å². The molecule has 0 amide bonds. The number of hydrogen-bond acceptors (Lipinski definition) is 11. The molecule has 1 saturated carbocycles. The molecule has 0 saturated heterocycles. The second-order valence-electron chi connectivity index (χ2n) is 9.79. The zero-order valence-corrected chi connectivity index (χ0v) is 23.2. The minimum Gasteiger partial charge on any atom is -0.390 e. The Labute approximate surface area is 229 Å². The molecule has 0 unspecified atom stereocenters. The molecule has 1 aliphatic carbocycles. The molecule has 0 bridgehead atoms.